The third-order valence-electron chi connectivity index (χ3n) is 7.26. The smallest absolute Gasteiger partial charge is 0.338 e. The fraction of sp³-hybridized carbons (Fsp3) is 0.514. The maximum atomic E-state index is 12.5. The maximum absolute atomic E-state index is 12.5. The van der Waals surface area contributed by atoms with Crippen LogP contribution in [-0.4, -0.2) is 28.6 Å². The molecule has 0 saturated carbocycles. The van der Waals surface area contributed by atoms with Crippen molar-refractivity contribution in [1.29, 1.82) is 0 Å². The van der Waals surface area contributed by atoms with Gasteiger partial charge in [0, 0.05) is 11.1 Å². The Kier molecular flexibility index (Phi) is 14.2. The van der Waals surface area contributed by atoms with Crippen LogP contribution in [0.15, 0.2) is 60.9 Å². The van der Waals surface area contributed by atoms with Crippen molar-refractivity contribution in [2.24, 2.45) is 0 Å². The van der Waals surface area contributed by atoms with Crippen LogP contribution in [0.2, 0.25) is 0 Å². The lowest BCUT2D eigenvalue weighted by molar-refractivity contribution is 0.0319. The van der Waals surface area contributed by atoms with Crippen LogP contribution in [0.25, 0.3) is 22.5 Å². The topological polar surface area (TPSA) is 61.3 Å². The van der Waals surface area contributed by atoms with Gasteiger partial charge in [0.15, 0.2) is 0 Å². The fourth-order valence-corrected chi connectivity index (χ4v) is 4.72. The second-order valence-electron chi connectivity index (χ2n) is 10.8. The molecule has 0 radical (unpaired) electrons. The van der Waals surface area contributed by atoms with Crippen molar-refractivity contribution in [3.63, 3.8) is 0 Å². The Morgan fingerprint density at radius 2 is 1.18 bits per heavy atom. The molecular weight excluding hydrogens is 496 g/mol. The highest BCUT2D eigenvalue weighted by molar-refractivity contribution is 5.90. The first kappa shape index (κ1) is 31.3. The largest absolute Gasteiger partial charge is 0.494 e. The van der Waals surface area contributed by atoms with Gasteiger partial charge < -0.3 is 9.47 Å². The summed E-state index contributed by atoms with van der Waals surface area (Å²) in [6, 6.07) is 15.4. The van der Waals surface area contributed by atoms with E-state index >= 15 is 0 Å². The second-order valence-corrected chi connectivity index (χ2v) is 10.8. The van der Waals surface area contributed by atoms with Gasteiger partial charge in [0.1, 0.15) is 5.75 Å². The first-order valence-corrected chi connectivity index (χ1v) is 15.5. The molecule has 0 amide bonds. The number of nitrogens with zero attached hydrogens (tertiary/aromatic N) is 2. The first-order valence-electron chi connectivity index (χ1n) is 15.5. The molecule has 216 valence electrons. The fourth-order valence-electron chi connectivity index (χ4n) is 4.72. The quantitative estimate of drug-likeness (QED) is 0.111. The minimum Gasteiger partial charge on any atom is -0.494 e. The van der Waals surface area contributed by atoms with E-state index in [2.05, 4.69) is 23.8 Å². The normalized spacial score (nSPS) is 11.8. The van der Waals surface area contributed by atoms with Gasteiger partial charge in [-0.15, -0.1) is 0 Å². The van der Waals surface area contributed by atoms with Crippen LogP contribution >= 0.6 is 0 Å². The van der Waals surface area contributed by atoms with Crippen molar-refractivity contribution >= 4 is 5.97 Å². The number of rotatable bonds is 19. The molecule has 0 aliphatic heterocycles. The molecule has 5 nitrogen and oxygen atoms in total. The van der Waals surface area contributed by atoms with Crippen molar-refractivity contribution < 1.29 is 14.3 Å². The molecule has 2 aromatic carbocycles. The van der Waals surface area contributed by atoms with Crippen molar-refractivity contribution in [2.45, 2.75) is 110 Å². The summed E-state index contributed by atoms with van der Waals surface area (Å²) < 4.78 is 11.5. The van der Waals surface area contributed by atoms with Crippen molar-refractivity contribution in [3.8, 4) is 28.3 Å². The van der Waals surface area contributed by atoms with Gasteiger partial charge in [0.25, 0.3) is 0 Å². The molecule has 0 spiro atoms. The molecule has 1 atom stereocenters. The van der Waals surface area contributed by atoms with E-state index in [-0.39, 0.29) is 12.1 Å². The molecule has 0 N–H and O–H groups in total. The van der Waals surface area contributed by atoms with Crippen molar-refractivity contribution in [3.05, 3.63) is 66.5 Å². The van der Waals surface area contributed by atoms with E-state index in [1.165, 1.54) is 64.2 Å². The monoisotopic (exact) mass is 544 g/mol. The number of esters is 1. The third-order valence-corrected chi connectivity index (χ3v) is 7.26. The maximum Gasteiger partial charge on any atom is 0.338 e. The summed E-state index contributed by atoms with van der Waals surface area (Å²) in [6.07, 6.45) is 19.5. The summed E-state index contributed by atoms with van der Waals surface area (Å²) >= 11 is 0. The van der Waals surface area contributed by atoms with Gasteiger partial charge in [-0.05, 0) is 62.6 Å². The number of hydrogen-bond donors (Lipinski definition) is 0. The predicted molar refractivity (Wildman–Crippen MR) is 165 cm³/mol. The minimum atomic E-state index is -0.277. The average Bonchev–Trinajstić information content (AvgIpc) is 2.99. The summed E-state index contributed by atoms with van der Waals surface area (Å²) in [7, 11) is 0. The summed E-state index contributed by atoms with van der Waals surface area (Å²) in [5.74, 6) is 0.613. The number of carbonyl (C=O) groups excluding carboxylic acids is 1. The lowest BCUT2D eigenvalue weighted by Gasteiger charge is -2.13. The molecule has 3 aromatic rings. The number of benzene rings is 2. The molecule has 40 heavy (non-hydrogen) atoms. The van der Waals surface area contributed by atoms with Gasteiger partial charge in [-0.2, -0.15) is 0 Å². The zero-order valence-electron chi connectivity index (χ0n) is 24.9. The van der Waals surface area contributed by atoms with E-state index in [0.29, 0.717) is 5.56 Å². The van der Waals surface area contributed by atoms with Crippen LogP contribution in [-0.2, 0) is 4.74 Å². The van der Waals surface area contributed by atoms with Crippen LogP contribution in [0.4, 0.5) is 0 Å². The molecule has 1 aromatic heterocycles. The highest BCUT2D eigenvalue weighted by atomic mass is 16.5. The second kappa shape index (κ2) is 18.2. The van der Waals surface area contributed by atoms with Crippen LogP contribution in [0.5, 0.6) is 5.75 Å². The van der Waals surface area contributed by atoms with Crippen LogP contribution in [0, 0.1) is 0 Å². The SMILES string of the molecule is CCCCCCCCCCOc1ccc(-c2cnc(-c3ccc(C(=O)OC(C)CCCCCC)cc3)cn2)cc1. The Morgan fingerprint density at radius 3 is 1.73 bits per heavy atom. The van der Waals surface area contributed by atoms with Crippen molar-refractivity contribution in [1.82, 2.24) is 9.97 Å². The third kappa shape index (κ3) is 11.1. The van der Waals surface area contributed by atoms with Gasteiger partial charge in [-0.25, -0.2) is 4.79 Å². The molecule has 0 aliphatic rings. The first-order chi connectivity index (χ1) is 19.6. The van der Waals surface area contributed by atoms with Gasteiger partial charge in [0.05, 0.1) is 42.1 Å². The molecular formula is C35H48N2O3. The Balaban J connectivity index is 1.43. The standard InChI is InChI=1S/C35H48N2O3/c1-4-6-8-10-11-12-13-15-25-39-32-23-21-30(22-24-32)34-27-36-33(26-37-34)29-17-19-31(20-18-29)35(38)40-28(3)16-14-9-7-5-2/h17-24,26-28H,4-16,25H2,1-3H3. The predicted octanol–water partition coefficient (Wildman–Crippen LogP) is 9.85. The Morgan fingerprint density at radius 1 is 0.675 bits per heavy atom. The molecule has 0 fully saturated rings. The van der Waals surface area contributed by atoms with E-state index in [9.17, 15) is 4.79 Å². The van der Waals surface area contributed by atoms with Crippen molar-refractivity contribution in [2.75, 3.05) is 6.61 Å². The number of unbranched alkanes of at least 4 members (excludes halogenated alkanes) is 10. The van der Waals surface area contributed by atoms with E-state index < -0.39 is 0 Å². The summed E-state index contributed by atoms with van der Waals surface area (Å²) in [5.41, 5.74) is 4.04. The number of carbonyl (C=O) groups is 1. The molecule has 0 saturated heterocycles. The van der Waals surface area contributed by atoms with Gasteiger partial charge in [-0.1, -0.05) is 90.2 Å². The molecule has 3 rings (SSSR count). The Bertz CT molecular complexity index is 1090. The average molecular weight is 545 g/mol. The summed E-state index contributed by atoms with van der Waals surface area (Å²) in [5, 5.41) is 0. The van der Waals surface area contributed by atoms with Crippen LogP contribution in [0.1, 0.15) is 115 Å². The lowest BCUT2D eigenvalue weighted by atomic mass is 10.1. The summed E-state index contributed by atoms with van der Waals surface area (Å²) in [4.78, 5) is 21.7. The highest BCUT2D eigenvalue weighted by Crippen LogP contribution is 2.23. The lowest BCUT2D eigenvalue weighted by Crippen LogP contribution is -2.15. The molecule has 0 aliphatic carbocycles. The zero-order chi connectivity index (χ0) is 28.4. The molecule has 5 heteroatoms. The van der Waals surface area contributed by atoms with Crippen LogP contribution < -0.4 is 4.74 Å². The Labute approximate surface area is 241 Å². The summed E-state index contributed by atoms with van der Waals surface area (Å²) in [6.45, 7) is 7.18. The van der Waals surface area contributed by atoms with E-state index in [0.717, 1.165) is 54.1 Å². The zero-order valence-corrected chi connectivity index (χ0v) is 24.9. The molecule has 1 heterocycles. The molecule has 0 bridgehead atoms. The number of ether oxygens (including phenoxy) is 2. The van der Waals surface area contributed by atoms with Gasteiger partial charge in [0.2, 0.25) is 0 Å². The van der Waals surface area contributed by atoms with Crippen LogP contribution in [0.3, 0.4) is 0 Å². The number of hydrogen-bond acceptors (Lipinski definition) is 5. The Hall–Kier alpha value is -3.21. The molecule has 1 unspecified atom stereocenters. The van der Waals surface area contributed by atoms with E-state index in [4.69, 9.17) is 9.47 Å². The number of aromatic nitrogens is 2. The van der Waals surface area contributed by atoms with E-state index in [1.807, 2.05) is 43.3 Å². The van der Waals surface area contributed by atoms with Gasteiger partial charge in [-0.3, -0.25) is 9.97 Å². The van der Waals surface area contributed by atoms with Gasteiger partial charge >= 0.3 is 5.97 Å². The highest BCUT2D eigenvalue weighted by Gasteiger charge is 2.12. The van der Waals surface area contributed by atoms with E-state index in [1.54, 1.807) is 24.5 Å². The minimum absolute atomic E-state index is 0.0713.